The van der Waals surface area contributed by atoms with E-state index in [-0.39, 0.29) is 24.1 Å². The number of Topliss-reactive ketones (excluding diaryl/α,β-unsaturated/α-hetero) is 1. The van der Waals surface area contributed by atoms with Gasteiger partial charge in [0.2, 0.25) is 0 Å². The van der Waals surface area contributed by atoms with E-state index in [9.17, 15) is 14.4 Å². The lowest BCUT2D eigenvalue weighted by atomic mass is 9.87. The molecule has 0 radical (unpaired) electrons. The molecule has 0 unspecified atom stereocenters. The Hall–Kier alpha value is -2.32. The van der Waals surface area contributed by atoms with Crippen LogP contribution in [0.4, 0.5) is 10.5 Å². The van der Waals surface area contributed by atoms with Gasteiger partial charge in [-0.05, 0) is 50.4 Å². The van der Waals surface area contributed by atoms with Gasteiger partial charge in [-0.25, -0.2) is 4.79 Å². The van der Waals surface area contributed by atoms with Crippen LogP contribution < -0.4 is 21.1 Å². The minimum atomic E-state index is -0.729. The number of hydrogen-bond donors (Lipinski definition) is 3. The van der Waals surface area contributed by atoms with E-state index >= 15 is 0 Å². The molecule has 8 nitrogen and oxygen atoms in total. The predicted molar refractivity (Wildman–Crippen MR) is 108 cm³/mol. The van der Waals surface area contributed by atoms with E-state index in [0.717, 1.165) is 32.5 Å². The zero-order valence-corrected chi connectivity index (χ0v) is 16.8. The number of benzene rings is 1. The number of nitrogens with two attached hydrogens (primary N) is 1. The SMILES string of the molecule is COc1ccc(N)cc1C(=O)CCCCN1CCC2(CC1)NC(=O)NC2=O.Cl. The Bertz CT molecular complexity index is 747. The second kappa shape index (κ2) is 9.25. The maximum absolute atomic E-state index is 12.4. The van der Waals surface area contributed by atoms with Gasteiger partial charge in [-0.2, -0.15) is 0 Å². The van der Waals surface area contributed by atoms with Crippen LogP contribution in [0.3, 0.4) is 0 Å². The number of ether oxygens (including phenoxy) is 1. The zero-order valence-electron chi connectivity index (χ0n) is 16.0. The van der Waals surface area contributed by atoms with Crippen molar-refractivity contribution in [1.82, 2.24) is 15.5 Å². The number of urea groups is 1. The first-order chi connectivity index (χ1) is 12.9. The largest absolute Gasteiger partial charge is 0.496 e. The lowest BCUT2D eigenvalue weighted by Crippen LogP contribution is -2.54. The average Bonchev–Trinajstić information content (AvgIpc) is 2.93. The fourth-order valence-electron chi connectivity index (χ4n) is 3.74. The molecule has 3 rings (SSSR count). The molecular weight excluding hydrogens is 384 g/mol. The molecule has 0 saturated carbocycles. The fourth-order valence-corrected chi connectivity index (χ4v) is 3.74. The number of likely N-dealkylation sites (tertiary alicyclic amines) is 1. The molecule has 3 amide bonds. The van der Waals surface area contributed by atoms with E-state index in [1.165, 1.54) is 0 Å². The Morgan fingerprint density at radius 2 is 1.96 bits per heavy atom. The minimum absolute atomic E-state index is 0. The summed E-state index contributed by atoms with van der Waals surface area (Å²) in [7, 11) is 1.54. The highest BCUT2D eigenvalue weighted by Gasteiger charge is 2.47. The number of carbonyl (C=O) groups excluding carboxylic acids is 3. The number of ketones is 1. The van der Waals surface area contributed by atoms with Crippen LogP contribution in [0.5, 0.6) is 5.75 Å². The Balaban J connectivity index is 0.00000280. The molecular formula is C19H27ClN4O4. The van der Waals surface area contributed by atoms with Crippen molar-refractivity contribution >= 4 is 35.8 Å². The molecule has 4 N–H and O–H groups in total. The summed E-state index contributed by atoms with van der Waals surface area (Å²) < 4.78 is 5.24. The van der Waals surface area contributed by atoms with E-state index < -0.39 is 11.6 Å². The molecule has 0 bridgehead atoms. The lowest BCUT2D eigenvalue weighted by molar-refractivity contribution is -0.125. The van der Waals surface area contributed by atoms with Gasteiger partial charge in [0.05, 0.1) is 12.7 Å². The maximum Gasteiger partial charge on any atom is 0.322 e. The second-order valence-electron chi connectivity index (χ2n) is 7.17. The van der Waals surface area contributed by atoms with Crippen molar-refractivity contribution in [2.24, 2.45) is 0 Å². The standard InChI is InChI=1S/C19H26N4O4.ClH/c1-27-16-6-5-13(20)12-14(16)15(24)4-2-3-9-23-10-7-19(8-11-23)17(25)21-18(26)22-19;/h5-6,12H,2-4,7-11,20H2,1H3,(H2,21,22,25,26);1H. The van der Waals surface area contributed by atoms with Crippen molar-refractivity contribution < 1.29 is 19.1 Å². The number of carbonyl (C=O) groups is 3. The van der Waals surface area contributed by atoms with Crippen molar-refractivity contribution in [2.75, 3.05) is 32.5 Å². The van der Waals surface area contributed by atoms with Gasteiger partial charge >= 0.3 is 6.03 Å². The van der Waals surface area contributed by atoms with Gasteiger partial charge in [-0.1, -0.05) is 0 Å². The number of rotatable bonds is 7. The Morgan fingerprint density at radius 3 is 2.57 bits per heavy atom. The first kappa shape index (κ1) is 22.0. The van der Waals surface area contributed by atoms with E-state index in [4.69, 9.17) is 10.5 Å². The number of methoxy groups -OCH3 is 1. The first-order valence-electron chi connectivity index (χ1n) is 9.26. The van der Waals surface area contributed by atoms with Crippen molar-refractivity contribution in [3.8, 4) is 5.75 Å². The van der Waals surface area contributed by atoms with Crippen LogP contribution in [-0.2, 0) is 4.79 Å². The zero-order chi connectivity index (χ0) is 19.4. The molecule has 28 heavy (non-hydrogen) atoms. The topological polar surface area (TPSA) is 114 Å². The van der Waals surface area contributed by atoms with Gasteiger partial charge in [0, 0.05) is 25.2 Å². The molecule has 0 aliphatic carbocycles. The summed E-state index contributed by atoms with van der Waals surface area (Å²) >= 11 is 0. The summed E-state index contributed by atoms with van der Waals surface area (Å²) in [4.78, 5) is 38.0. The highest BCUT2D eigenvalue weighted by Crippen LogP contribution is 2.26. The molecule has 154 valence electrons. The second-order valence-corrected chi connectivity index (χ2v) is 7.17. The molecule has 1 spiro atoms. The van der Waals surface area contributed by atoms with Gasteiger partial charge < -0.3 is 20.7 Å². The summed E-state index contributed by atoms with van der Waals surface area (Å²) in [6.45, 7) is 2.38. The van der Waals surface area contributed by atoms with E-state index in [2.05, 4.69) is 15.5 Å². The number of unbranched alkanes of at least 4 members (excludes halogenated alkanes) is 1. The third-order valence-corrected chi connectivity index (χ3v) is 5.38. The summed E-state index contributed by atoms with van der Waals surface area (Å²) in [6, 6.07) is 4.69. The van der Waals surface area contributed by atoms with Crippen LogP contribution in [0.2, 0.25) is 0 Å². The Morgan fingerprint density at radius 1 is 1.25 bits per heavy atom. The van der Waals surface area contributed by atoms with Gasteiger partial charge in [0.1, 0.15) is 11.3 Å². The van der Waals surface area contributed by atoms with Crippen LogP contribution in [0.15, 0.2) is 18.2 Å². The quantitative estimate of drug-likeness (QED) is 0.273. The van der Waals surface area contributed by atoms with Crippen molar-refractivity contribution in [2.45, 2.75) is 37.6 Å². The number of anilines is 1. The number of imide groups is 1. The predicted octanol–water partition coefficient (Wildman–Crippen LogP) is 1.73. The van der Waals surface area contributed by atoms with Crippen molar-refractivity contribution in [3.05, 3.63) is 23.8 Å². The van der Waals surface area contributed by atoms with Crippen LogP contribution in [-0.4, -0.2) is 54.9 Å². The van der Waals surface area contributed by atoms with Gasteiger partial charge in [0.25, 0.3) is 5.91 Å². The fraction of sp³-hybridized carbons (Fsp3) is 0.526. The normalized spacial score (nSPS) is 18.3. The van der Waals surface area contributed by atoms with Crippen LogP contribution in [0.1, 0.15) is 42.5 Å². The number of amides is 3. The Labute approximate surface area is 170 Å². The van der Waals surface area contributed by atoms with E-state index in [1.807, 2.05) is 0 Å². The maximum atomic E-state index is 12.4. The summed E-state index contributed by atoms with van der Waals surface area (Å²) in [5.74, 6) is 0.364. The smallest absolute Gasteiger partial charge is 0.322 e. The average molecular weight is 411 g/mol. The molecule has 0 atom stereocenters. The van der Waals surface area contributed by atoms with Crippen molar-refractivity contribution in [3.63, 3.8) is 0 Å². The third-order valence-electron chi connectivity index (χ3n) is 5.38. The molecule has 2 heterocycles. The van der Waals surface area contributed by atoms with Crippen LogP contribution in [0, 0.1) is 0 Å². The molecule has 2 aliphatic rings. The highest BCUT2D eigenvalue weighted by atomic mass is 35.5. The van der Waals surface area contributed by atoms with Crippen LogP contribution in [0.25, 0.3) is 0 Å². The highest BCUT2D eigenvalue weighted by molar-refractivity contribution is 6.07. The summed E-state index contributed by atoms with van der Waals surface area (Å²) in [5.41, 5.74) is 6.12. The third kappa shape index (κ3) is 4.74. The number of halogens is 1. The number of nitrogen functional groups attached to an aromatic ring is 1. The Kier molecular flexibility index (Phi) is 7.26. The lowest BCUT2D eigenvalue weighted by Gasteiger charge is -2.36. The summed E-state index contributed by atoms with van der Waals surface area (Å²) in [5, 5.41) is 5.08. The molecule has 2 aliphatic heterocycles. The molecule has 9 heteroatoms. The number of hydrogen-bond acceptors (Lipinski definition) is 6. The molecule has 2 fully saturated rings. The van der Waals surface area contributed by atoms with Gasteiger partial charge in [0.15, 0.2) is 5.78 Å². The minimum Gasteiger partial charge on any atom is -0.496 e. The number of nitrogens with one attached hydrogen (secondary N) is 2. The molecule has 1 aromatic carbocycles. The van der Waals surface area contributed by atoms with Crippen LogP contribution >= 0.6 is 12.4 Å². The van der Waals surface area contributed by atoms with Crippen molar-refractivity contribution in [1.29, 1.82) is 0 Å². The van der Waals surface area contributed by atoms with Gasteiger partial charge in [-0.15, -0.1) is 12.4 Å². The summed E-state index contributed by atoms with van der Waals surface area (Å²) in [6.07, 6.45) is 3.33. The monoisotopic (exact) mass is 410 g/mol. The molecule has 2 saturated heterocycles. The van der Waals surface area contributed by atoms with E-state index in [1.54, 1.807) is 25.3 Å². The first-order valence-corrected chi connectivity index (χ1v) is 9.26. The number of nitrogens with zero attached hydrogens (tertiary/aromatic N) is 1. The van der Waals surface area contributed by atoms with E-state index in [0.29, 0.717) is 36.3 Å². The number of piperidine rings is 1. The van der Waals surface area contributed by atoms with Gasteiger partial charge in [-0.3, -0.25) is 14.9 Å². The molecule has 1 aromatic rings. The molecule has 0 aromatic heterocycles.